The molecule has 12 nitrogen and oxygen atoms in total. The Bertz CT molecular complexity index is 614. The van der Waals surface area contributed by atoms with Crippen molar-refractivity contribution in [2.24, 2.45) is 5.73 Å². The zero-order valence-electron chi connectivity index (χ0n) is 25.6. The molecule has 0 radical (unpaired) electrons. The maximum Gasteiger partial charge on any atom is 0.187 e. The molecule has 0 bridgehead atoms. The van der Waals surface area contributed by atoms with E-state index in [0.717, 1.165) is 6.54 Å². The van der Waals surface area contributed by atoms with Crippen molar-refractivity contribution in [3.8, 4) is 0 Å². The van der Waals surface area contributed by atoms with Crippen LogP contribution < -0.4 is 5.73 Å². The topological polar surface area (TPSA) is 216 Å². The van der Waals surface area contributed by atoms with Crippen molar-refractivity contribution in [2.75, 3.05) is 19.8 Å². The minimum absolute atomic E-state index is 0.667. The van der Waals surface area contributed by atoms with Crippen LogP contribution >= 0.6 is 0 Å². The van der Waals surface area contributed by atoms with E-state index in [1.165, 1.54) is 103 Å². The monoisotopic (exact) mass is 611 g/mol. The zero-order chi connectivity index (χ0) is 31.3. The van der Waals surface area contributed by atoms with E-state index in [4.69, 9.17) is 25.1 Å². The maximum absolute atomic E-state index is 9.94. The summed E-state index contributed by atoms with van der Waals surface area (Å²) in [5, 5.41) is 76.5. The van der Waals surface area contributed by atoms with Crippen LogP contribution in [0, 0.1) is 0 Å². The number of hydrogen-bond donors (Lipinski definition) is 9. The highest BCUT2D eigenvalue weighted by Gasteiger charge is 2.50. The third-order valence-corrected chi connectivity index (χ3v) is 8.04. The molecule has 2 rings (SSSR count). The highest BCUT2D eigenvalue weighted by molar-refractivity contribution is 4.93. The second-order valence-electron chi connectivity index (χ2n) is 11.6. The van der Waals surface area contributed by atoms with Crippen molar-refractivity contribution >= 4 is 0 Å². The molecule has 2 saturated heterocycles. The molecule has 12 heteroatoms. The van der Waals surface area contributed by atoms with Crippen LogP contribution in [0.5, 0.6) is 0 Å². The van der Waals surface area contributed by atoms with Crippen LogP contribution in [0.2, 0.25) is 0 Å². The summed E-state index contributed by atoms with van der Waals surface area (Å²) in [6.07, 6.45) is 7.28. The fourth-order valence-corrected chi connectivity index (χ4v) is 5.26. The second-order valence-corrected chi connectivity index (χ2v) is 11.6. The molecule has 252 valence electrons. The Labute approximate surface area is 251 Å². The summed E-state index contributed by atoms with van der Waals surface area (Å²) in [6, 6.07) is 0. The lowest BCUT2D eigenvalue weighted by Crippen LogP contribution is -2.64. The van der Waals surface area contributed by atoms with Crippen molar-refractivity contribution in [2.45, 2.75) is 171 Å². The molecule has 2 aliphatic rings. The fourth-order valence-electron chi connectivity index (χ4n) is 5.26. The molecule has 0 aromatic carbocycles. The van der Waals surface area contributed by atoms with Crippen LogP contribution in [0.1, 0.15) is 110 Å². The summed E-state index contributed by atoms with van der Waals surface area (Å²) in [7, 11) is 0. The van der Waals surface area contributed by atoms with Gasteiger partial charge in [0.05, 0.1) is 13.2 Å². The predicted molar refractivity (Wildman–Crippen MR) is 157 cm³/mol. The van der Waals surface area contributed by atoms with Gasteiger partial charge in [0.2, 0.25) is 0 Å². The molecular weight excluding hydrogens is 550 g/mol. The lowest BCUT2D eigenvalue weighted by atomic mass is 9.97. The molecule has 1 unspecified atom stereocenters. The number of nitrogens with two attached hydrogens (primary N) is 1. The van der Waals surface area contributed by atoms with E-state index < -0.39 is 74.6 Å². The summed E-state index contributed by atoms with van der Waals surface area (Å²) >= 11 is 0. The quantitative estimate of drug-likeness (QED) is 0.0875. The zero-order valence-corrected chi connectivity index (χ0v) is 25.6. The van der Waals surface area contributed by atoms with Gasteiger partial charge in [0, 0.05) is 0 Å². The predicted octanol–water partition coefficient (Wildman–Crippen LogP) is 0.809. The highest BCUT2D eigenvalue weighted by Crippen LogP contribution is 2.28. The van der Waals surface area contributed by atoms with E-state index in [2.05, 4.69) is 6.92 Å². The van der Waals surface area contributed by atoms with Crippen molar-refractivity contribution in [3.05, 3.63) is 0 Å². The van der Waals surface area contributed by atoms with Gasteiger partial charge in [-0.05, 0) is 13.0 Å². The van der Waals surface area contributed by atoms with Crippen LogP contribution in [0.25, 0.3) is 0 Å². The Hall–Kier alpha value is -0.480. The van der Waals surface area contributed by atoms with Crippen LogP contribution in [0.4, 0.5) is 0 Å². The van der Waals surface area contributed by atoms with E-state index in [1.807, 2.05) is 0 Å². The Morgan fingerprint density at radius 1 is 0.524 bits per heavy atom. The molecule has 10 N–H and O–H groups in total. The van der Waals surface area contributed by atoms with Crippen LogP contribution in [-0.2, 0) is 14.2 Å². The normalized spacial score (nSPS) is 33.3. The number of hydrogen-bond acceptors (Lipinski definition) is 12. The Morgan fingerprint density at radius 2 is 0.976 bits per heavy atom. The van der Waals surface area contributed by atoms with Crippen molar-refractivity contribution in [1.82, 2.24) is 0 Å². The molecule has 0 amide bonds. The second kappa shape index (κ2) is 23.8. The van der Waals surface area contributed by atoms with Gasteiger partial charge >= 0.3 is 0 Å². The van der Waals surface area contributed by atoms with Gasteiger partial charge in [-0.15, -0.1) is 0 Å². The van der Waals surface area contributed by atoms with Gasteiger partial charge < -0.3 is 60.8 Å². The van der Waals surface area contributed by atoms with E-state index in [9.17, 15) is 35.7 Å². The van der Waals surface area contributed by atoms with Gasteiger partial charge in [0.1, 0.15) is 48.8 Å². The fraction of sp³-hybridized carbons (Fsp3) is 1.00. The third-order valence-electron chi connectivity index (χ3n) is 8.04. The van der Waals surface area contributed by atoms with E-state index in [-0.39, 0.29) is 0 Å². The molecule has 0 aromatic heterocycles. The molecule has 0 aliphatic carbocycles. The number of rotatable bonds is 20. The third kappa shape index (κ3) is 14.5. The van der Waals surface area contributed by atoms with Gasteiger partial charge in [0.25, 0.3) is 0 Å². The maximum atomic E-state index is 9.94. The van der Waals surface area contributed by atoms with Gasteiger partial charge in [0.15, 0.2) is 12.6 Å². The Morgan fingerprint density at radius 3 is 1.40 bits per heavy atom. The van der Waals surface area contributed by atoms with Crippen molar-refractivity contribution < 1.29 is 55.1 Å². The molecule has 42 heavy (non-hydrogen) atoms. The number of ether oxygens (including phenoxy) is 3. The van der Waals surface area contributed by atoms with E-state index in [0.29, 0.717) is 0 Å². The average Bonchev–Trinajstić information content (AvgIpc) is 2.99. The van der Waals surface area contributed by atoms with Gasteiger partial charge in [-0.3, -0.25) is 0 Å². The highest BCUT2D eigenvalue weighted by atomic mass is 16.7. The first-order chi connectivity index (χ1) is 20.2. The lowest BCUT2D eigenvalue weighted by Gasteiger charge is -2.45. The van der Waals surface area contributed by atoms with Crippen LogP contribution in [-0.4, -0.2) is 122 Å². The Balaban J connectivity index is 0.000000430. The van der Waals surface area contributed by atoms with Crippen LogP contribution in [0.15, 0.2) is 0 Å². The summed E-state index contributed by atoms with van der Waals surface area (Å²) in [4.78, 5) is 0. The van der Waals surface area contributed by atoms with Gasteiger partial charge in [-0.25, -0.2) is 0 Å². The smallest absolute Gasteiger partial charge is 0.187 e. The molecule has 0 aromatic rings. The molecule has 2 fully saturated rings. The summed E-state index contributed by atoms with van der Waals surface area (Å²) in [5.41, 5.74) is 5.48. The first-order valence-electron chi connectivity index (χ1n) is 16.2. The largest absolute Gasteiger partial charge is 0.394 e. The molecule has 0 spiro atoms. The summed E-state index contributed by atoms with van der Waals surface area (Å²) in [5.74, 6) is 0. The lowest BCUT2D eigenvalue weighted by molar-refractivity contribution is -0.355. The van der Waals surface area contributed by atoms with Crippen molar-refractivity contribution in [1.29, 1.82) is 0 Å². The summed E-state index contributed by atoms with van der Waals surface area (Å²) < 4.78 is 15.3. The van der Waals surface area contributed by atoms with Crippen LogP contribution in [0.3, 0.4) is 0 Å². The molecule has 2 aliphatic heterocycles. The molecular formula is C30H61NO11. The van der Waals surface area contributed by atoms with Gasteiger partial charge in [-0.1, -0.05) is 103 Å². The molecule has 0 saturated carbocycles. The molecule has 10 atom stereocenters. The standard InChI is InChI=1S/C18H39N.C12H22O11/c1-2-3-4-5-6-7-8-9-10-11-12-13-14-15-16-17-18-19;13-1-3-5(15)6(16)9(19)12(22-3)23-10-4(2-14)21-11(20)8(18)7(10)17/h2-19H2,1H3;3-20H,1-2H2/t;3-,4-,5+,6+,7-,8-,9-,10-,11?,12+/m.1/s1. The van der Waals surface area contributed by atoms with Crippen molar-refractivity contribution in [3.63, 3.8) is 0 Å². The SMILES string of the molecule is CCCCCCCCCCCCCCCCCCN.OC[C@H]1O[C@@H](O[C@H]2[C@H](O)[C@@H](O)C(O)O[C@@H]2CO)[C@H](O)[C@@H](O)[C@H]1O. The average molecular weight is 612 g/mol. The number of unbranched alkanes of at least 4 members (excludes halogenated alkanes) is 15. The molecule has 2 heterocycles. The van der Waals surface area contributed by atoms with Gasteiger partial charge in [-0.2, -0.15) is 0 Å². The minimum atomic E-state index is -1.74. The van der Waals surface area contributed by atoms with E-state index >= 15 is 0 Å². The summed E-state index contributed by atoms with van der Waals surface area (Å²) in [6.45, 7) is 1.82. The number of aliphatic hydroxyl groups excluding tert-OH is 8. The first kappa shape index (κ1) is 39.5. The Kier molecular flexibility index (Phi) is 22.4. The first-order valence-corrected chi connectivity index (χ1v) is 16.2. The number of aliphatic hydroxyl groups is 8. The minimum Gasteiger partial charge on any atom is -0.394 e. The van der Waals surface area contributed by atoms with E-state index in [1.54, 1.807) is 0 Å².